The number of benzene rings is 3. The lowest BCUT2D eigenvalue weighted by Crippen LogP contribution is -2.50. The number of aryl methyl sites for hydroxylation is 1. The molecule has 1 unspecified atom stereocenters. The molecular formula is C25H20F2N2O2S. The van der Waals surface area contributed by atoms with Crippen molar-refractivity contribution < 1.29 is 18.4 Å². The van der Waals surface area contributed by atoms with Crippen LogP contribution in [0.25, 0.3) is 0 Å². The van der Waals surface area contributed by atoms with Crippen LogP contribution in [0.1, 0.15) is 27.0 Å². The SMILES string of the molecule is Cc1ccc2c(c1)C1(SCCN1C(=O)c1ccc(F)cc1)C(=O)N2Cc1cccc(F)c1. The molecule has 0 radical (unpaired) electrons. The van der Waals surface area contributed by atoms with Crippen molar-refractivity contribution in [3.8, 4) is 0 Å². The van der Waals surface area contributed by atoms with Gasteiger partial charge in [0.1, 0.15) is 11.6 Å². The van der Waals surface area contributed by atoms with E-state index in [2.05, 4.69) is 0 Å². The Labute approximate surface area is 188 Å². The quantitative estimate of drug-likeness (QED) is 0.572. The summed E-state index contributed by atoms with van der Waals surface area (Å²) in [4.78, 5) is 29.4. The largest absolute Gasteiger partial charge is 0.311 e. The summed E-state index contributed by atoms with van der Waals surface area (Å²) in [5, 5.41) is 0. The third-order valence-corrected chi connectivity index (χ3v) is 7.33. The van der Waals surface area contributed by atoms with Gasteiger partial charge in [-0.2, -0.15) is 0 Å². The second kappa shape index (κ2) is 7.74. The van der Waals surface area contributed by atoms with Gasteiger partial charge in [-0.3, -0.25) is 9.59 Å². The number of anilines is 1. The summed E-state index contributed by atoms with van der Waals surface area (Å²) >= 11 is 1.43. The number of carbonyl (C=O) groups excluding carboxylic acids is 2. The van der Waals surface area contributed by atoms with Crippen LogP contribution in [-0.2, 0) is 16.2 Å². The zero-order chi connectivity index (χ0) is 22.5. The fourth-order valence-corrected chi connectivity index (χ4v) is 5.90. The lowest BCUT2D eigenvalue weighted by Gasteiger charge is -2.33. The highest BCUT2D eigenvalue weighted by Crippen LogP contribution is 2.55. The summed E-state index contributed by atoms with van der Waals surface area (Å²) in [5.74, 6) is -0.730. The normalized spacial score (nSPS) is 19.7. The van der Waals surface area contributed by atoms with Gasteiger partial charge < -0.3 is 9.80 Å². The summed E-state index contributed by atoms with van der Waals surface area (Å²) in [5.41, 5.74) is 3.46. The molecule has 1 saturated heterocycles. The van der Waals surface area contributed by atoms with Crippen molar-refractivity contribution in [2.45, 2.75) is 18.3 Å². The van der Waals surface area contributed by atoms with Crippen LogP contribution in [0.5, 0.6) is 0 Å². The van der Waals surface area contributed by atoms with E-state index in [4.69, 9.17) is 0 Å². The van der Waals surface area contributed by atoms with Gasteiger partial charge in [0.15, 0.2) is 4.87 Å². The molecular weight excluding hydrogens is 430 g/mol. The third kappa shape index (κ3) is 3.19. The molecule has 1 fully saturated rings. The van der Waals surface area contributed by atoms with Crippen molar-refractivity contribution in [1.82, 2.24) is 4.90 Å². The number of halogens is 2. The van der Waals surface area contributed by atoms with E-state index in [0.717, 1.165) is 16.8 Å². The number of hydrogen-bond donors (Lipinski definition) is 0. The van der Waals surface area contributed by atoms with E-state index in [1.54, 1.807) is 21.9 Å². The highest BCUT2D eigenvalue weighted by atomic mass is 32.2. The minimum atomic E-state index is -1.19. The monoisotopic (exact) mass is 450 g/mol. The summed E-state index contributed by atoms with van der Waals surface area (Å²) < 4.78 is 27.2. The zero-order valence-electron chi connectivity index (χ0n) is 17.3. The highest BCUT2D eigenvalue weighted by Gasteiger charge is 2.59. The van der Waals surface area contributed by atoms with Gasteiger partial charge in [0.25, 0.3) is 11.8 Å². The first kappa shape index (κ1) is 20.7. The summed E-state index contributed by atoms with van der Waals surface area (Å²) in [7, 11) is 0. The molecule has 32 heavy (non-hydrogen) atoms. The van der Waals surface area contributed by atoms with Crippen molar-refractivity contribution in [1.29, 1.82) is 0 Å². The molecule has 2 aliphatic rings. The van der Waals surface area contributed by atoms with Gasteiger partial charge in [-0.25, -0.2) is 8.78 Å². The molecule has 0 aliphatic carbocycles. The molecule has 0 saturated carbocycles. The number of hydrogen-bond acceptors (Lipinski definition) is 3. The fraction of sp³-hybridized carbons (Fsp3) is 0.200. The Balaban J connectivity index is 1.59. The smallest absolute Gasteiger partial charge is 0.268 e. The summed E-state index contributed by atoms with van der Waals surface area (Å²) in [6, 6.07) is 17.3. The van der Waals surface area contributed by atoms with Crippen molar-refractivity contribution in [3.05, 3.63) is 101 Å². The Morgan fingerprint density at radius 2 is 1.81 bits per heavy atom. The molecule has 2 heterocycles. The van der Waals surface area contributed by atoms with Crippen LogP contribution < -0.4 is 4.90 Å². The van der Waals surface area contributed by atoms with Gasteiger partial charge in [-0.1, -0.05) is 29.8 Å². The van der Waals surface area contributed by atoms with Gasteiger partial charge in [-0.15, -0.1) is 11.8 Å². The Kier molecular flexibility index (Phi) is 5.01. The average Bonchev–Trinajstić information content (AvgIpc) is 3.31. The Morgan fingerprint density at radius 3 is 2.56 bits per heavy atom. The van der Waals surface area contributed by atoms with Crippen LogP contribution in [0, 0.1) is 18.6 Å². The molecule has 1 atom stereocenters. The van der Waals surface area contributed by atoms with E-state index < -0.39 is 10.7 Å². The summed E-state index contributed by atoms with van der Waals surface area (Å²) in [6.45, 7) is 2.54. The van der Waals surface area contributed by atoms with E-state index in [1.165, 1.54) is 48.2 Å². The third-order valence-electron chi connectivity index (χ3n) is 5.91. The Hall–Kier alpha value is -3.19. The first-order valence-corrected chi connectivity index (χ1v) is 11.3. The molecule has 7 heteroatoms. The van der Waals surface area contributed by atoms with E-state index in [1.807, 2.05) is 25.1 Å². The second-order valence-corrected chi connectivity index (χ2v) is 9.29. The van der Waals surface area contributed by atoms with Crippen molar-refractivity contribution in [2.24, 2.45) is 0 Å². The minimum Gasteiger partial charge on any atom is -0.311 e. The maximum atomic E-state index is 13.9. The molecule has 2 amide bonds. The molecule has 3 aromatic carbocycles. The number of nitrogens with zero attached hydrogens (tertiary/aromatic N) is 2. The van der Waals surface area contributed by atoms with Crippen molar-refractivity contribution in [2.75, 3.05) is 17.2 Å². The Morgan fingerprint density at radius 1 is 1.03 bits per heavy atom. The zero-order valence-corrected chi connectivity index (χ0v) is 18.2. The van der Waals surface area contributed by atoms with Crippen LogP contribution in [0.4, 0.5) is 14.5 Å². The van der Waals surface area contributed by atoms with Crippen molar-refractivity contribution in [3.63, 3.8) is 0 Å². The Bertz CT molecular complexity index is 1230. The number of thioether (sulfide) groups is 1. The number of carbonyl (C=O) groups is 2. The standard InChI is InChI=1S/C25H20F2N2O2S/c1-16-5-10-22-21(13-16)25(24(31)28(22)15-17-3-2-4-20(27)14-17)29(11-12-32-25)23(30)18-6-8-19(26)9-7-18/h2-10,13-14H,11-12,15H2,1H3. The first-order chi connectivity index (χ1) is 15.4. The predicted octanol–water partition coefficient (Wildman–Crippen LogP) is 4.86. The number of rotatable bonds is 3. The van der Waals surface area contributed by atoms with Crippen LogP contribution in [-0.4, -0.2) is 29.0 Å². The molecule has 0 bridgehead atoms. The van der Waals surface area contributed by atoms with Gasteiger partial charge in [0, 0.05) is 23.4 Å². The van der Waals surface area contributed by atoms with Gasteiger partial charge >= 0.3 is 0 Å². The average molecular weight is 451 g/mol. The molecule has 0 aromatic heterocycles. The van der Waals surface area contributed by atoms with Gasteiger partial charge in [-0.05, 0) is 55.0 Å². The number of amides is 2. The number of fused-ring (bicyclic) bond motifs is 2. The molecule has 4 nitrogen and oxygen atoms in total. The molecule has 162 valence electrons. The van der Waals surface area contributed by atoms with E-state index in [-0.39, 0.29) is 24.2 Å². The first-order valence-electron chi connectivity index (χ1n) is 10.3. The van der Waals surface area contributed by atoms with Crippen molar-refractivity contribution >= 4 is 29.3 Å². The van der Waals surface area contributed by atoms with Crippen LogP contribution in [0.2, 0.25) is 0 Å². The van der Waals surface area contributed by atoms with Gasteiger partial charge in [0.05, 0.1) is 12.2 Å². The van der Waals surface area contributed by atoms with Gasteiger partial charge in [0.2, 0.25) is 0 Å². The molecule has 1 spiro atoms. The molecule has 0 N–H and O–H groups in total. The molecule has 3 aromatic rings. The summed E-state index contributed by atoms with van der Waals surface area (Å²) in [6.07, 6.45) is 0. The predicted molar refractivity (Wildman–Crippen MR) is 120 cm³/mol. The van der Waals surface area contributed by atoms with Crippen LogP contribution >= 0.6 is 11.8 Å². The second-order valence-electron chi connectivity index (χ2n) is 8.00. The maximum Gasteiger partial charge on any atom is 0.268 e. The lowest BCUT2D eigenvalue weighted by molar-refractivity contribution is -0.123. The van der Waals surface area contributed by atoms with E-state index in [9.17, 15) is 18.4 Å². The molecule has 5 rings (SSSR count). The van der Waals surface area contributed by atoms with Crippen LogP contribution in [0.15, 0.2) is 66.7 Å². The topological polar surface area (TPSA) is 40.6 Å². The highest BCUT2D eigenvalue weighted by molar-refractivity contribution is 8.01. The van der Waals surface area contributed by atoms with E-state index >= 15 is 0 Å². The fourth-order valence-electron chi connectivity index (χ4n) is 4.45. The molecule has 2 aliphatic heterocycles. The van der Waals surface area contributed by atoms with Crippen LogP contribution in [0.3, 0.4) is 0 Å². The maximum absolute atomic E-state index is 13.9. The lowest BCUT2D eigenvalue weighted by atomic mass is 10.0. The minimum absolute atomic E-state index is 0.202. The van der Waals surface area contributed by atoms with E-state index in [0.29, 0.717) is 23.4 Å².